The molecule has 0 spiro atoms. The lowest BCUT2D eigenvalue weighted by Gasteiger charge is -2.26. The molecule has 0 saturated carbocycles. The summed E-state index contributed by atoms with van der Waals surface area (Å²) in [5.74, 6) is 0.0658. The van der Waals surface area contributed by atoms with Crippen LogP contribution < -0.4 is 5.32 Å². The van der Waals surface area contributed by atoms with Gasteiger partial charge in [0.1, 0.15) is 5.82 Å². The Hall–Kier alpha value is -3.48. The summed E-state index contributed by atoms with van der Waals surface area (Å²) >= 11 is 3.49. The van der Waals surface area contributed by atoms with Gasteiger partial charge in [-0.2, -0.15) is 0 Å². The van der Waals surface area contributed by atoms with Gasteiger partial charge >= 0.3 is 7.60 Å². The van der Waals surface area contributed by atoms with Gasteiger partial charge in [-0.25, -0.2) is 4.98 Å². The van der Waals surface area contributed by atoms with E-state index in [1.54, 1.807) is 0 Å². The number of benzene rings is 4. The molecule has 8 heteroatoms. The molecule has 1 unspecified atom stereocenters. The summed E-state index contributed by atoms with van der Waals surface area (Å²) in [7, 11) is -0.701. The molecule has 1 aromatic heterocycles. The van der Waals surface area contributed by atoms with Crippen LogP contribution in [0, 0.1) is 0 Å². The second-order valence-electron chi connectivity index (χ2n) is 8.63. The first-order chi connectivity index (χ1) is 18.5. The molecular formula is C30H27BrN3O3P. The number of nitrogens with one attached hydrogen (secondary N) is 2. The van der Waals surface area contributed by atoms with Crippen molar-refractivity contribution in [1.82, 2.24) is 9.97 Å². The van der Waals surface area contributed by atoms with Gasteiger partial charge in [0.05, 0.1) is 11.4 Å². The van der Waals surface area contributed by atoms with Crippen LogP contribution in [-0.4, -0.2) is 24.2 Å². The minimum atomic E-state index is -3.49. The van der Waals surface area contributed by atoms with E-state index in [4.69, 9.17) is 14.0 Å². The van der Waals surface area contributed by atoms with E-state index in [-0.39, 0.29) is 0 Å². The quantitative estimate of drug-likeness (QED) is 0.168. The third-order valence-electron chi connectivity index (χ3n) is 6.26. The van der Waals surface area contributed by atoms with E-state index in [0.29, 0.717) is 0 Å². The zero-order chi connectivity index (χ0) is 26.5. The predicted molar refractivity (Wildman–Crippen MR) is 157 cm³/mol. The smallest absolute Gasteiger partial charge is 0.356 e. The fraction of sp³-hybridized carbons (Fsp3) is 0.100. The Kier molecular flexibility index (Phi) is 7.91. The van der Waals surface area contributed by atoms with Crippen molar-refractivity contribution in [2.45, 2.75) is 5.78 Å². The molecule has 2 N–H and O–H groups in total. The molecule has 6 nitrogen and oxygen atoms in total. The van der Waals surface area contributed by atoms with Crippen LogP contribution in [0.25, 0.3) is 33.9 Å². The van der Waals surface area contributed by atoms with Crippen molar-refractivity contribution >= 4 is 29.2 Å². The van der Waals surface area contributed by atoms with E-state index in [1.807, 2.05) is 84.9 Å². The van der Waals surface area contributed by atoms with Crippen LogP contribution in [0.1, 0.15) is 11.3 Å². The first-order valence-corrected chi connectivity index (χ1v) is 14.5. The highest BCUT2D eigenvalue weighted by Gasteiger charge is 2.35. The van der Waals surface area contributed by atoms with Gasteiger partial charge < -0.3 is 19.3 Å². The lowest BCUT2D eigenvalue weighted by molar-refractivity contribution is 0.268. The van der Waals surface area contributed by atoms with Gasteiger partial charge in [0, 0.05) is 41.1 Å². The topological polar surface area (TPSA) is 76.2 Å². The van der Waals surface area contributed by atoms with Crippen molar-refractivity contribution in [2.24, 2.45) is 0 Å². The van der Waals surface area contributed by atoms with E-state index in [0.717, 1.165) is 49.6 Å². The third kappa shape index (κ3) is 5.52. The molecule has 38 heavy (non-hydrogen) atoms. The Labute approximate surface area is 230 Å². The predicted octanol–water partition coefficient (Wildman–Crippen LogP) is 8.77. The number of hydrogen-bond acceptors (Lipinski definition) is 5. The number of anilines is 1. The first-order valence-electron chi connectivity index (χ1n) is 12.1. The second-order valence-corrected chi connectivity index (χ2v) is 11.9. The Morgan fingerprint density at radius 3 is 2.03 bits per heavy atom. The van der Waals surface area contributed by atoms with Gasteiger partial charge in [0.15, 0.2) is 5.78 Å². The van der Waals surface area contributed by atoms with E-state index in [1.165, 1.54) is 14.2 Å². The molecule has 0 amide bonds. The molecule has 192 valence electrons. The SMILES string of the molecule is COP(=O)(OC)C(Nc1ccc(-c2nc(-c3ccccc3)c(-c3ccccc3)[nH]2)cc1)c1cccc(Br)c1. The van der Waals surface area contributed by atoms with Gasteiger partial charge in [0.2, 0.25) is 0 Å². The summed E-state index contributed by atoms with van der Waals surface area (Å²) in [4.78, 5) is 8.50. The maximum absolute atomic E-state index is 13.4. The number of rotatable bonds is 9. The number of nitrogens with zero attached hydrogens (tertiary/aromatic N) is 1. The van der Waals surface area contributed by atoms with E-state index >= 15 is 0 Å². The number of aromatic nitrogens is 2. The zero-order valence-corrected chi connectivity index (χ0v) is 23.4. The summed E-state index contributed by atoms with van der Waals surface area (Å²) < 4.78 is 25.0. The summed E-state index contributed by atoms with van der Waals surface area (Å²) in [6, 6.07) is 35.7. The summed E-state index contributed by atoms with van der Waals surface area (Å²) in [6.07, 6.45) is 0. The fourth-order valence-corrected chi connectivity index (χ4v) is 6.14. The highest BCUT2D eigenvalue weighted by Crippen LogP contribution is 2.59. The zero-order valence-electron chi connectivity index (χ0n) is 21.0. The molecule has 1 atom stereocenters. The van der Waals surface area contributed by atoms with Gasteiger partial charge in [-0.3, -0.25) is 4.57 Å². The van der Waals surface area contributed by atoms with Crippen molar-refractivity contribution < 1.29 is 13.6 Å². The maximum Gasteiger partial charge on any atom is 0.356 e. The number of imidazole rings is 1. The normalized spacial score (nSPS) is 12.3. The minimum Gasteiger partial charge on any atom is -0.368 e. The molecule has 0 radical (unpaired) electrons. The average molecular weight is 588 g/mol. The van der Waals surface area contributed by atoms with E-state index < -0.39 is 13.4 Å². The van der Waals surface area contributed by atoms with Crippen molar-refractivity contribution in [2.75, 3.05) is 19.5 Å². The maximum atomic E-state index is 13.4. The Morgan fingerprint density at radius 1 is 0.789 bits per heavy atom. The van der Waals surface area contributed by atoms with Crippen LogP contribution in [0.15, 0.2) is 114 Å². The number of aromatic amines is 1. The van der Waals surface area contributed by atoms with Crippen molar-refractivity contribution in [3.63, 3.8) is 0 Å². The Bertz CT molecular complexity index is 1490. The van der Waals surface area contributed by atoms with Crippen LogP contribution >= 0.6 is 23.5 Å². The minimum absolute atomic E-state index is 0.696. The van der Waals surface area contributed by atoms with Gasteiger partial charge in [-0.15, -0.1) is 0 Å². The molecule has 0 aliphatic heterocycles. The van der Waals surface area contributed by atoms with Gasteiger partial charge in [-0.1, -0.05) is 88.7 Å². The van der Waals surface area contributed by atoms with Crippen LogP contribution in [0.2, 0.25) is 0 Å². The van der Waals surface area contributed by atoms with Gasteiger partial charge in [0.25, 0.3) is 0 Å². The highest BCUT2D eigenvalue weighted by molar-refractivity contribution is 9.10. The molecule has 0 aliphatic rings. The standard InChI is InChI=1S/C30H27BrN3O3P/c1-36-38(35,37-2)30(24-14-9-15-25(31)20-24)32-26-18-16-23(17-19-26)29-33-27(21-10-5-3-6-11-21)28(34-29)22-12-7-4-8-13-22/h3-20,30,32H,1-2H3,(H,33,34). The molecule has 0 bridgehead atoms. The molecular weight excluding hydrogens is 561 g/mol. The van der Waals surface area contributed by atoms with Crippen molar-refractivity contribution in [3.8, 4) is 33.9 Å². The summed E-state index contributed by atoms with van der Waals surface area (Å²) in [6.45, 7) is 0. The summed E-state index contributed by atoms with van der Waals surface area (Å²) in [5.41, 5.74) is 6.44. The summed E-state index contributed by atoms with van der Waals surface area (Å²) in [5, 5.41) is 3.35. The highest BCUT2D eigenvalue weighted by atomic mass is 79.9. The molecule has 5 rings (SSSR count). The largest absolute Gasteiger partial charge is 0.368 e. The van der Waals surface area contributed by atoms with Crippen LogP contribution in [0.3, 0.4) is 0 Å². The molecule has 4 aromatic carbocycles. The van der Waals surface area contributed by atoms with E-state index in [9.17, 15) is 4.57 Å². The number of halogens is 1. The number of H-pyrrole nitrogens is 1. The number of hydrogen-bond donors (Lipinski definition) is 2. The lowest BCUT2D eigenvalue weighted by Crippen LogP contribution is -2.13. The average Bonchev–Trinajstić information content (AvgIpc) is 3.42. The molecule has 0 aliphatic carbocycles. The second kappa shape index (κ2) is 11.5. The lowest BCUT2D eigenvalue weighted by atomic mass is 10.1. The Morgan fingerprint density at radius 2 is 1.42 bits per heavy atom. The van der Waals surface area contributed by atoms with Crippen LogP contribution in [0.4, 0.5) is 5.69 Å². The van der Waals surface area contributed by atoms with Crippen molar-refractivity contribution in [1.29, 1.82) is 0 Å². The van der Waals surface area contributed by atoms with Gasteiger partial charge in [-0.05, 0) is 42.0 Å². The van der Waals surface area contributed by atoms with Crippen molar-refractivity contribution in [3.05, 3.63) is 119 Å². The van der Waals surface area contributed by atoms with E-state index in [2.05, 4.69) is 50.5 Å². The molecule has 5 aromatic rings. The first kappa shape index (κ1) is 26.1. The fourth-order valence-electron chi connectivity index (χ4n) is 4.32. The molecule has 0 fully saturated rings. The molecule has 1 heterocycles. The third-order valence-corrected chi connectivity index (χ3v) is 8.84. The molecule has 0 saturated heterocycles. The monoisotopic (exact) mass is 587 g/mol. The van der Waals surface area contributed by atoms with Crippen LogP contribution in [0.5, 0.6) is 0 Å². The Balaban J connectivity index is 1.48. The van der Waals surface area contributed by atoms with Crippen LogP contribution in [-0.2, 0) is 13.6 Å².